The van der Waals surface area contributed by atoms with Gasteiger partial charge in [-0.1, -0.05) is 49.5 Å². The Morgan fingerprint density at radius 2 is 1.79 bits per heavy atom. The number of fused-ring (bicyclic) bond motifs is 1. The maximum absolute atomic E-state index is 13.5. The van der Waals surface area contributed by atoms with Crippen molar-refractivity contribution in [2.24, 2.45) is 11.8 Å². The second-order valence-electron chi connectivity index (χ2n) is 10.0. The van der Waals surface area contributed by atoms with Gasteiger partial charge in [0.25, 0.3) is 0 Å². The van der Waals surface area contributed by atoms with E-state index >= 15 is 0 Å². The number of aromatic amines is 1. The minimum absolute atomic E-state index is 0.107. The highest BCUT2D eigenvalue weighted by Gasteiger charge is 2.34. The number of nitrogens with zero attached hydrogens (tertiary/aromatic N) is 6. The zero-order valence-electron chi connectivity index (χ0n) is 19.8. The van der Waals surface area contributed by atoms with E-state index in [-0.39, 0.29) is 17.6 Å². The molecule has 0 bridgehead atoms. The molecule has 8 nitrogen and oxygen atoms in total. The van der Waals surface area contributed by atoms with Gasteiger partial charge in [0.15, 0.2) is 5.82 Å². The van der Waals surface area contributed by atoms with Crippen LogP contribution >= 0.6 is 0 Å². The highest BCUT2D eigenvalue weighted by Crippen LogP contribution is 2.33. The number of rotatable bonds is 6. The smallest absolute Gasteiger partial charge is 0.303 e. The second-order valence-corrected chi connectivity index (χ2v) is 10.0. The monoisotopic (exact) mass is 451 g/mol. The topological polar surface area (TPSA) is 84.6 Å². The number of H-pyrrole nitrogens is 1. The predicted molar refractivity (Wildman–Crippen MR) is 129 cm³/mol. The Balaban J connectivity index is 1.41. The van der Waals surface area contributed by atoms with Crippen molar-refractivity contribution in [3.63, 3.8) is 0 Å². The lowest BCUT2D eigenvalue weighted by Crippen LogP contribution is -2.46. The first-order valence-corrected chi connectivity index (χ1v) is 12.9. The minimum Gasteiger partial charge on any atom is -0.303 e. The Hall–Kier alpha value is -2.48. The molecule has 1 aliphatic heterocycles. The van der Waals surface area contributed by atoms with Crippen molar-refractivity contribution >= 4 is 11.0 Å². The number of nitrogens with one attached hydrogen (secondary N) is 1. The van der Waals surface area contributed by atoms with Crippen LogP contribution in [0.1, 0.15) is 70.2 Å². The number of para-hydroxylation sites is 2. The summed E-state index contributed by atoms with van der Waals surface area (Å²) in [5.41, 5.74) is 2.18. The van der Waals surface area contributed by atoms with Gasteiger partial charge in [0.1, 0.15) is 0 Å². The van der Waals surface area contributed by atoms with E-state index in [1.807, 2.05) is 23.6 Å². The molecule has 0 spiro atoms. The Labute approximate surface area is 195 Å². The number of hydrogen-bond acceptors (Lipinski definition) is 5. The van der Waals surface area contributed by atoms with Gasteiger partial charge in [-0.15, -0.1) is 10.2 Å². The average Bonchev–Trinajstić information content (AvgIpc) is 3.41. The number of benzene rings is 1. The summed E-state index contributed by atoms with van der Waals surface area (Å²) in [5.74, 6) is 1.82. The molecule has 2 unspecified atom stereocenters. The summed E-state index contributed by atoms with van der Waals surface area (Å²) in [4.78, 5) is 16.1. The first-order valence-electron chi connectivity index (χ1n) is 12.9. The molecular formula is C25H37N7O. The molecule has 3 aromatic rings. The summed E-state index contributed by atoms with van der Waals surface area (Å²) in [5, 5.41) is 14.9. The normalized spacial score (nSPS) is 23.5. The van der Waals surface area contributed by atoms with Crippen LogP contribution in [0.4, 0.5) is 0 Å². The van der Waals surface area contributed by atoms with E-state index in [4.69, 9.17) is 0 Å². The standard InChI is InChI=1S/C25H37N7O/c1-2-31-22-12-8-9-13-23(22)32(25(31)33)21-14-15-30(17-19-10-6-4-3-5-7-11-19)18-20(21)16-24-26-28-29-27-24/h8-9,12-13,19-21H,2-7,10-11,14-18H2,1H3,(H,26,27,28,29). The summed E-state index contributed by atoms with van der Waals surface area (Å²) in [6.45, 7) is 5.94. The summed E-state index contributed by atoms with van der Waals surface area (Å²) in [6.07, 6.45) is 11.4. The third kappa shape index (κ3) is 4.76. The van der Waals surface area contributed by atoms with Crippen LogP contribution < -0.4 is 5.69 Å². The van der Waals surface area contributed by atoms with E-state index in [9.17, 15) is 4.79 Å². The van der Waals surface area contributed by atoms with Gasteiger partial charge >= 0.3 is 5.69 Å². The number of tetrazole rings is 1. The van der Waals surface area contributed by atoms with E-state index in [1.165, 1.54) is 51.5 Å². The van der Waals surface area contributed by atoms with Crippen LogP contribution in [0.15, 0.2) is 29.1 Å². The van der Waals surface area contributed by atoms with Crippen LogP contribution in [0.25, 0.3) is 11.0 Å². The third-order valence-electron chi connectivity index (χ3n) is 7.87. The SMILES string of the molecule is CCn1c(=O)n(C2CCN(CC3CCCCCCC3)CC2Cc2nn[nH]n2)c2ccccc21. The van der Waals surface area contributed by atoms with Crippen molar-refractivity contribution in [3.8, 4) is 0 Å². The largest absolute Gasteiger partial charge is 0.329 e. The van der Waals surface area contributed by atoms with Gasteiger partial charge in [0.05, 0.1) is 11.0 Å². The average molecular weight is 452 g/mol. The molecule has 8 heteroatoms. The molecule has 1 aliphatic carbocycles. The summed E-state index contributed by atoms with van der Waals surface area (Å²) in [6, 6.07) is 8.36. The molecule has 2 atom stereocenters. The molecule has 33 heavy (non-hydrogen) atoms. The summed E-state index contributed by atoms with van der Waals surface area (Å²) >= 11 is 0. The van der Waals surface area contributed by atoms with E-state index in [0.717, 1.165) is 48.7 Å². The molecule has 1 saturated heterocycles. The first kappa shape index (κ1) is 22.3. The lowest BCUT2D eigenvalue weighted by molar-refractivity contribution is 0.100. The lowest BCUT2D eigenvalue weighted by Gasteiger charge is -2.40. The van der Waals surface area contributed by atoms with Gasteiger partial charge < -0.3 is 4.90 Å². The summed E-state index contributed by atoms with van der Waals surface area (Å²) in [7, 11) is 0. The summed E-state index contributed by atoms with van der Waals surface area (Å²) < 4.78 is 3.97. The zero-order chi connectivity index (χ0) is 22.6. The Morgan fingerprint density at radius 1 is 1.03 bits per heavy atom. The van der Waals surface area contributed by atoms with Crippen LogP contribution in [0.5, 0.6) is 0 Å². The number of hydrogen-bond donors (Lipinski definition) is 1. The molecule has 3 heterocycles. The fourth-order valence-corrected chi connectivity index (χ4v) is 6.25. The van der Waals surface area contributed by atoms with Crippen molar-refractivity contribution in [3.05, 3.63) is 40.6 Å². The quantitative estimate of drug-likeness (QED) is 0.616. The van der Waals surface area contributed by atoms with Crippen molar-refractivity contribution in [1.29, 1.82) is 0 Å². The Morgan fingerprint density at radius 3 is 2.52 bits per heavy atom. The van der Waals surface area contributed by atoms with Crippen LogP contribution in [0.2, 0.25) is 0 Å². The van der Waals surface area contributed by atoms with Gasteiger partial charge in [0, 0.05) is 38.6 Å². The number of piperidine rings is 1. The number of imidazole rings is 1. The third-order valence-corrected chi connectivity index (χ3v) is 7.87. The Bertz CT molecular complexity index is 1080. The second kappa shape index (κ2) is 10.2. The molecule has 2 aliphatic rings. The van der Waals surface area contributed by atoms with E-state index in [2.05, 4.69) is 42.2 Å². The highest BCUT2D eigenvalue weighted by molar-refractivity contribution is 5.76. The van der Waals surface area contributed by atoms with Gasteiger partial charge in [-0.05, 0) is 50.2 Å². The number of likely N-dealkylation sites (tertiary alicyclic amines) is 1. The molecule has 0 radical (unpaired) electrons. The first-order chi connectivity index (χ1) is 16.2. The molecular weight excluding hydrogens is 414 g/mol. The fourth-order valence-electron chi connectivity index (χ4n) is 6.25. The molecule has 178 valence electrons. The fraction of sp³-hybridized carbons (Fsp3) is 0.680. The van der Waals surface area contributed by atoms with Gasteiger partial charge in [-0.2, -0.15) is 5.21 Å². The van der Waals surface area contributed by atoms with Gasteiger partial charge in [0.2, 0.25) is 0 Å². The van der Waals surface area contributed by atoms with Crippen LogP contribution in [-0.2, 0) is 13.0 Å². The molecule has 5 rings (SSSR count). The van der Waals surface area contributed by atoms with Gasteiger partial charge in [-0.25, -0.2) is 4.79 Å². The Kier molecular flexibility index (Phi) is 6.90. The molecule has 0 amide bonds. The van der Waals surface area contributed by atoms with Crippen LogP contribution in [-0.4, -0.2) is 54.3 Å². The number of aryl methyl sites for hydroxylation is 1. The molecule has 1 aromatic carbocycles. The molecule has 1 saturated carbocycles. The van der Waals surface area contributed by atoms with Crippen LogP contribution in [0.3, 0.4) is 0 Å². The molecule has 2 fully saturated rings. The highest BCUT2D eigenvalue weighted by atomic mass is 16.1. The lowest BCUT2D eigenvalue weighted by atomic mass is 9.86. The minimum atomic E-state index is 0.107. The predicted octanol–water partition coefficient (Wildman–Crippen LogP) is 3.80. The van der Waals surface area contributed by atoms with E-state index in [0.29, 0.717) is 6.54 Å². The molecule has 2 aromatic heterocycles. The maximum Gasteiger partial charge on any atom is 0.329 e. The van der Waals surface area contributed by atoms with Crippen LogP contribution in [0, 0.1) is 11.8 Å². The van der Waals surface area contributed by atoms with E-state index < -0.39 is 0 Å². The van der Waals surface area contributed by atoms with Crippen molar-refractivity contribution in [2.75, 3.05) is 19.6 Å². The van der Waals surface area contributed by atoms with Crippen molar-refractivity contribution in [2.45, 2.75) is 77.3 Å². The maximum atomic E-state index is 13.5. The van der Waals surface area contributed by atoms with Crippen molar-refractivity contribution in [1.82, 2.24) is 34.7 Å². The zero-order valence-corrected chi connectivity index (χ0v) is 19.8. The van der Waals surface area contributed by atoms with Gasteiger partial charge in [-0.3, -0.25) is 9.13 Å². The molecule has 1 N–H and O–H groups in total. The van der Waals surface area contributed by atoms with Crippen molar-refractivity contribution < 1.29 is 0 Å². The van der Waals surface area contributed by atoms with E-state index in [1.54, 1.807) is 0 Å². The number of aromatic nitrogens is 6.